The average Bonchev–Trinajstić information content (AvgIpc) is 3.17. The fraction of sp³-hybridized carbons (Fsp3) is 0.0714. The number of rotatable bonds is 4. The van der Waals surface area contributed by atoms with Gasteiger partial charge < -0.3 is 5.32 Å². The molecule has 4 nitrogen and oxygen atoms in total. The molecule has 0 aliphatic rings. The molecular formula is C14H11N3OS2. The first-order valence-corrected chi connectivity index (χ1v) is 7.72. The molecule has 0 bridgehead atoms. The topological polar surface area (TPSA) is 54.9 Å². The Bertz CT molecular complexity index is 692. The van der Waals surface area contributed by atoms with Gasteiger partial charge in [0.25, 0.3) is 5.91 Å². The van der Waals surface area contributed by atoms with Crippen LogP contribution in [0.3, 0.4) is 0 Å². The zero-order valence-corrected chi connectivity index (χ0v) is 12.1. The standard InChI is InChI=1S/C14H11N3OS2/c18-13(11-7-4-8-19-11)15-9-12-16-17-14(20-12)10-5-2-1-3-6-10/h1-8H,9H2,(H,15,18). The van der Waals surface area contributed by atoms with E-state index in [4.69, 9.17) is 0 Å². The van der Waals surface area contributed by atoms with Crippen LogP contribution in [0.2, 0.25) is 0 Å². The Morgan fingerprint density at radius 2 is 1.95 bits per heavy atom. The van der Waals surface area contributed by atoms with Crippen molar-refractivity contribution in [3.8, 4) is 10.6 Å². The minimum atomic E-state index is -0.0727. The molecule has 0 radical (unpaired) electrons. The van der Waals surface area contributed by atoms with Gasteiger partial charge in [0.2, 0.25) is 0 Å². The zero-order chi connectivity index (χ0) is 13.8. The number of carbonyl (C=O) groups excluding carboxylic acids is 1. The Morgan fingerprint density at radius 3 is 2.70 bits per heavy atom. The van der Waals surface area contributed by atoms with E-state index in [-0.39, 0.29) is 5.91 Å². The molecule has 0 spiro atoms. The van der Waals surface area contributed by atoms with E-state index in [2.05, 4.69) is 15.5 Å². The molecule has 1 aromatic carbocycles. The summed E-state index contributed by atoms with van der Waals surface area (Å²) in [4.78, 5) is 12.5. The lowest BCUT2D eigenvalue weighted by Crippen LogP contribution is -2.21. The molecule has 2 heterocycles. The van der Waals surface area contributed by atoms with Crippen molar-refractivity contribution in [1.29, 1.82) is 0 Å². The number of hydrogen-bond acceptors (Lipinski definition) is 5. The van der Waals surface area contributed by atoms with E-state index >= 15 is 0 Å². The molecular weight excluding hydrogens is 290 g/mol. The molecule has 0 saturated heterocycles. The summed E-state index contributed by atoms with van der Waals surface area (Å²) in [6.07, 6.45) is 0. The fourth-order valence-electron chi connectivity index (χ4n) is 1.67. The predicted octanol–water partition coefficient (Wildman–Crippen LogP) is 3.20. The predicted molar refractivity (Wildman–Crippen MR) is 80.8 cm³/mol. The minimum Gasteiger partial charge on any atom is -0.345 e. The second-order valence-corrected chi connectivity index (χ2v) is 6.04. The van der Waals surface area contributed by atoms with Gasteiger partial charge in [-0.3, -0.25) is 4.79 Å². The lowest BCUT2D eigenvalue weighted by atomic mass is 10.2. The molecule has 0 aliphatic heterocycles. The van der Waals surface area contributed by atoms with Gasteiger partial charge in [0.1, 0.15) is 10.0 Å². The zero-order valence-electron chi connectivity index (χ0n) is 10.4. The first-order chi connectivity index (χ1) is 9.83. The summed E-state index contributed by atoms with van der Waals surface area (Å²) in [6, 6.07) is 13.5. The van der Waals surface area contributed by atoms with Gasteiger partial charge in [0.15, 0.2) is 0 Å². The number of hydrogen-bond donors (Lipinski definition) is 1. The largest absolute Gasteiger partial charge is 0.345 e. The maximum absolute atomic E-state index is 11.8. The molecule has 6 heteroatoms. The number of carbonyl (C=O) groups is 1. The van der Waals surface area contributed by atoms with E-state index in [1.165, 1.54) is 22.7 Å². The van der Waals surface area contributed by atoms with Gasteiger partial charge in [-0.05, 0) is 11.4 Å². The van der Waals surface area contributed by atoms with Gasteiger partial charge in [0, 0.05) is 5.56 Å². The molecule has 1 amide bonds. The monoisotopic (exact) mass is 301 g/mol. The summed E-state index contributed by atoms with van der Waals surface area (Å²) in [6.45, 7) is 0.404. The Balaban J connectivity index is 1.65. The first-order valence-electron chi connectivity index (χ1n) is 6.02. The molecule has 1 N–H and O–H groups in total. The number of benzene rings is 1. The summed E-state index contributed by atoms with van der Waals surface area (Å²) in [5.41, 5.74) is 1.04. The van der Waals surface area contributed by atoms with Crippen LogP contribution in [0.25, 0.3) is 10.6 Å². The quantitative estimate of drug-likeness (QED) is 0.805. The highest BCUT2D eigenvalue weighted by molar-refractivity contribution is 7.14. The van der Waals surface area contributed by atoms with E-state index in [0.717, 1.165) is 15.6 Å². The van der Waals surface area contributed by atoms with E-state index in [1.54, 1.807) is 6.07 Å². The van der Waals surface area contributed by atoms with Crippen molar-refractivity contribution in [3.63, 3.8) is 0 Å². The molecule has 3 rings (SSSR count). The van der Waals surface area contributed by atoms with Crippen LogP contribution < -0.4 is 5.32 Å². The lowest BCUT2D eigenvalue weighted by Gasteiger charge is -1.99. The van der Waals surface area contributed by atoms with Gasteiger partial charge in [-0.15, -0.1) is 21.5 Å². The third-order valence-corrected chi connectivity index (χ3v) is 4.47. The smallest absolute Gasteiger partial charge is 0.261 e. The molecule has 0 aliphatic carbocycles. The normalized spacial score (nSPS) is 10.4. The molecule has 2 aromatic heterocycles. The van der Waals surface area contributed by atoms with E-state index in [1.807, 2.05) is 41.8 Å². The highest BCUT2D eigenvalue weighted by Crippen LogP contribution is 2.22. The Kier molecular flexibility index (Phi) is 3.85. The highest BCUT2D eigenvalue weighted by Gasteiger charge is 2.09. The van der Waals surface area contributed by atoms with Gasteiger partial charge in [-0.25, -0.2) is 0 Å². The van der Waals surface area contributed by atoms with Crippen LogP contribution in [-0.2, 0) is 6.54 Å². The van der Waals surface area contributed by atoms with E-state index in [0.29, 0.717) is 11.4 Å². The third-order valence-electron chi connectivity index (χ3n) is 2.63. The minimum absolute atomic E-state index is 0.0727. The van der Waals surface area contributed by atoms with Crippen molar-refractivity contribution < 1.29 is 4.79 Å². The van der Waals surface area contributed by atoms with Gasteiger partial charge in [0.05, 0.1) is 11.4 Å². The van der Waals surface area contributed by atoms with Gasteiger partial charge in [-0.1, -0.05) is 47.7 Å². The number of amides is 1. The Hall–Kier alpha value is -2.05. The van der Waals surface area contributed by atoms with Crippen LogP contribution in [0.15, 0.2) is 47.8 Å². The maximum atomic E-state index is 11.8. The van der Waals surface area contributed by atoms with Crippen molar-refractivity contribution in [2.24, 2.45) is 0 Å². The Labute approximate surface area is 124 Å². The molecule has 3 aromatic rings. The van der Waals surface area contributed by atoms with E-state index < -0.39 is 0 Å². The molecule has 100 valence electrons. The molecule has 20 heavy (non-hydrogen) atoms. The lowest BCUT2D eigenvalue weighted by molar-refractivity contribution is 0.0955. The summed E-state index contributed by atoms with van der Waals surface area (Å²) < 4.78 is 0. The van der Waals surface area contributed by atoms with Crippen molar-refractivity contribution >= 4 is 28.6 Å². The second kappa shape index (κ2) is 5.94. The van der Waals surface area contributed by atoms with E-state index in [9.17, 15) is 4.79 Å². The van der Waals surface area contributed by atoms with Crippen LogP contribution in [0.1, 0.15) is 14.7 Å². The second-order valence-electron chi connectivity index (χ2n) is 4.03. The van der Waals surface area contributed by atoms with Crippen molar-refractivity contribution in [2.75, 3.05) is 0 Å². The van der Waals surface area contributed by atoms with Crippen LogP contribution in [0, 0.1) is 0 Å². The Morgan fingerprint density at radius 1 is 1.10 bits per heavy atom. The maximum Gasteiger partial charge on any atom is 0.261 e. The molecule has 0 saturated carbocycles. The van der Waals surface area contributed by atoms with Crippen LogP contribution in [-0.4, -0.2) is 16.1 Å². The molecule has 0 unspecified atom stereocenters. The van der Waals surface area contributed by atoms with Crippen LogP contribution in [0.5, 0.6) is 0 Å². The third kappa shape index (κ3) is 2.92. The van der Waals surface area contributed by atoms with Crippen molar-refractivity contribution in [3.05, 3.63) is 57.7 Å². The SMILES string of the molecule is O=C(NCc1nnc(-c2ccccc2)s1)c1cccs1. The van der Waals surface area contributed by atoms with Crippen LogP contribution >= 0.6 is 22.7 Å². The summed E-state index contributed by atoms with van der Waals surface area (Å²) >= 11 is 2.92. The number of nitrogens with one attached hydrogen (secondary N) is 1. The fourth-order valence-corrected chi connectivity index (χ4v) is 3.10. The number of thiophene rings is 1. The van der Waals surface area contributed by atoms with Crippen molar-refractivity contribution in [1.82, 2.24) is 15.5 Å². The number of nitrogens with zero attached hydrogens (tertiary/aromatic N) is 2. The molecule has 0 fully saturated rings. The first kappa shape index (κ1) is 13.0. The van der Waals surface area contributed by atoms with Gasteiger partial charge >= 0.3 is 0 Å². The van der Waals surface area contributed by atoms with Crippen LogP contribution in [0.4, 0.5) is 0 Å². The summed E-state index contributed by atoms with van der Waals surface area (Å²) in [5, 5.41) is 14.6. The molecule has 0 atom stereocenters. The van der Waals surface area contributed by atoms with Crippen molar-refractivity contribution in [2.45, 2.75) is 6.54 Å². The summed E-state index contributed by atoms with van der Waals surface area (Å²) in [7, 11) is 0. The number of aromatic nitrogens is 2. The van der Waals surface area contributed by atoms with Gasteiger partial charge in [-0.2, -0.15) is 0 Å². The average molecular weight is 301 g/mol. The summed E-state index contributed by atoms with van der Waals surface area (Å²) in [5.74, 6) is -0.0727. The highest BCUT2D eigenvalue weighted by atomic mass is 32.1.